The molecule has 5 nitrogen and oxygen atoms in total. The normalized spacial score (nSPS) is 16.1. The van der Waals surface area contributed by atoms with Gasteiger partial charge in [0.1, 0.15) is 6.04 Å². The molecule has 1 aliphatic heterocycles. The van der Waals surface area contributed by atoms with Crippen molar-refractivity contribution in [2.75, 3.05) is 16.0 Å². The maximum absolute atomic E-state index is 12.2. The highest BCUT2D eigenvalue weighted by Crippen LogP contribution is 2.26. The third-order valence-electron chi connectivity index (χ3n) is 3.73. The largest absolute Gasteiger partial charge is 0.372 e. The third kappa shape index (κ3) is 3.51. The van der Waals surface area contributed by atoms with Gasteiger partial charge in [0.05, 0.1) is 17.8 Å². The van der Waals surface area contributed by atoms with E-state index in [0.717, 1.165) is 28.2 Å². The minimum Gasteiger partial charge on any atom is -0.372 e. The van der Waals surface area contributed by atoms with Crippen molar-refractivity contribution in [3.8, 4) is 0 Å². The molecule has 1 aliphatic rings. The molecule has 0 saturated heterocycles. The van der Waals surface area contributed by atoms with Crippen LogP contribution in [0, 0.1) is 13.8 Å². The van der Waals surface area contributed by atoms with Crippen molar-refractivity contribution in [1.82, 2.24) is 0 Å². The Hall–Kier alpha value is -2.82. The zero-order chi connectivity index (χ0) is 16.4. The van der Waals surface area contributed by atoms with Crippen molar-refractivity contribution in [2.45, 2.75) is 26.3 Å². The van der Waals surface area contributed by atoms with Crippen LogP contribution in [0.3, 0.4) is 0 Å². The summed E-state index contributed by atoms with van der Waals surface area (Å²) in [6.07, 6.45) is 0.0765. The van der Waals surface area contributed by atoms with E-state index in [1.807, 2.05) is 56.3 Å². The minimum atomic E-state index is -0.573. The van der Waals surface area contributed by atoms with Crippen molar-refractivity contribution in [2.24, 2.45) is 0 Å². The highest BCUT2D eigenvalue weighted by molar-refractivity contribution is 6.06. The molecule has 0 aromatic heterocycles. The number of rotatable bonds is 3. The van der Waals surface area contributed by atoms with Crippen LogP contribution in [0.1, 0.15) is 17.5 Å². The van der Waals surface area contributed by atoms with Crippen LogP contribution in [0.2, 0.25) is 0 Å². The molecule has 2 aromatic carbocycles. The van der Waals surface area contributed by atoms with E-state index in [9.17, 15) is 9.59 Å². The van der Waals surface area contributed by atoms with E-state index in [-0.39, 0.29) is 18.2 Å². The molecule has 118 valence electrons. The van der Waals surface area contributed by atoms with Gasteiger partial charge in [-0.3, -0.25) is 9.59 Å². The Morgan fingerprint density at radius 2 is 1.74 bits per heavy atom. The molecular formula is C18H19N3O2. The molecule has 2 amide bonds. The first kappa shape index (κ1) is 15.1. The first-order chi connectivity index (χ1) is 11.0. The predicted octanol–water partition coefficient (Wildman–Crippen LogP) is 3.06. The van der Waals surface area contributed by atoms with E-state index >= 15 is 0 Å². The summed E-state index contributed by atoms with van der Waals surface area (Å²) in [5, 5.41) is 8.79. The SMILES string of the molecule is Cc1cc(C)cc(NC(=O)C[C@@H]2Nc3ccccc3NC2=O)c1. The number of nitrogens with one attached hydrogen (secondary N) is 3. The Kier molecular flexibility index (Phi) is 4.02. The second-order valence-electron chi connectivity index (χ2n) is 5.86. The summed E-state index contributed by atoms with van der Waals surface area (Å²) in [6.45, 7) is 3.96. The molecule has 0 radical (unpaired) electrons. The first-order valence-corrected chi connectivity index (χ1v) is 7.56. The van der Waals surface area contributed by atoms with Gasteiger partial charge in [-0.25, -0.2) is 0 Å². The Balaban J connectivity index is 1.67. The number of fused-ring (bicyclic) bond motifs is 1. The molecule has 0 aliphatic carbocycles. The average Bonchev–Trinajstić information content (AvgIpc) is 2.46. The van der Waals surface area contributed by atoms with E-state index in [2.05, 4.69) is 16.0 Å². The van der Waals surface area contributed by atoms with E-state index < -0.39 is 6.04 Å². The minimum absolute atomic E-state index is 0.0765. The van der Waals surface area contributed by atoms with Crippen LogP contribution >= 0.6 is 0 Å². The van der Waals surface area contributed by atoms with Crippen LogP contribution in [0.5, 0.6) is 0 Å². The summed E-state index contributed by atoms with van der Waals surface area (Å²) in [6, 6.07) is 12.7. The number of anilines is 3. The number of para-hydroxylation sites is 2. The van der Waals surface area contributed by atoms with Gasteiger partial charge < -0.3 is 16.0 Å². The Bertz CT molecular complexity index is 750. The van der Waals surface area contributed by atoms with Gasteiger partial charge in [0.2, 0.25) is 11.8 Å². The zero-order valence-electron chi connectivity index (χ0n) is 13.1. The lowest BCUT2D eigenvalue weighted by atomic mass is 10.1. The monoisotopic (exact) mass is 309 g/mol. The van der Waals surface area contributed by atoms with Crippen LogP contribution in [-0.2, 0) is 9.59 Å². The van der Waals surface area contributed by atoms with Gasteiger partial charge in [-0.2, -0.15) is 0 Å². The van der Waals surface area contributed by atoms with E-state index in [1.165, 1.54) is 0 Å². The molecule has 1 heterocycles. The van der Waals surface area contributed by atoms with Crippen LogP contribution in [0.15, 0.2) is 42.5 Å². The van der Waals surface area contributed by atoms with Gasteiger partial charge in [0, 0.05) is 5.69 Å². The smallest absolute Gasteiger partial charge is 0.247 e. The summed E-state index contributed by atoms with van der Waals surface area (Å²) in [7, 11) is 0. The fourth-order valence-corrected chi connectivity index (χ4v) is 2.78. The predicted molar refractivity (Wildman–Crippen MR) is 91.6 cm³/mol. The first-order valence-electron chi connectivity index (χ1n) is 7.56. The van der Waals surface area contributed by atoms with Gasteiger partial charge in [-0.05, 0) is 49.2 Å². The lowest BCUT2D eigenvalue weighted by Crippen LogP contribution is -2.41. The zero-order valence-corrected chi connectivity index (χ0v) is 13.1. The van der Waals surface area contributed by atoms with Crippen LogP contribution < -0.4 is 16.0 Å². The van der Waals surface area contributed by atoms with Gasteiger partial charge in [-0.1, -0.05) is 18.2 Å². The van der Waals surface area contributed by atoms with Crippen molar-refractivity contribution in [1.29, 1.82) is 0 Å². The van der Waals surface area contributed by atoms with Crippen LogP contribution in [-0.4, -0.2) is 17.9 Å². The fourth-order valence-electron chi connectivity index (χ4n) is 2.78. The number of carbonyl (C=O) groups is 2. The summed E-state index contributed by atoms with van der Waals surface area (Å²) < 4.78 is 0. The maximum Gasteiger partial charge on any atom is 0.247 e. The molecule has 3 N–H and O–H groups in total. The van der Waals surface area contributed by atoms with Gasteiger partial charge in [0.25, 0.3) is 0 Å². The Morgan fingerprint density at radius 1 is 1.09 bits per heavy atom. The molecular weight excluding hydrogens is 290 g/mol. The van der Waals surface area contributed by atoms with E-state index in [0.29, 0.717) is 0 Å². The molecule has 1 atom stereocenters. The molecule has 5 heteroatoms. The number of hydrogen-bond acceptors (Lipinski definition) is 3. The summed E-state index contributed by atoms with van der Waals surface area (Å²) in [4.78, 5) is 24.3. The number of hydrogen-bond donors (Lipinski definition) is 3. The molecule has 2 aromatic rings. The van der Waals surface area contributed by atoms with E-state index in [4.69, 9.17) is 0 Å². The molecule has 0 fully saturated rings. The average molecular weight is 309 g/mol. The number of amides is 2. The van der Waals surface area contributed by atoms with Crippen LogP contribution in [0.4, 0.5) is 17.1 Å². The fraction of sp³-hybridized carbons (Fsp3) is 0.222. The quantitative estimate of drug-likeness (QED) is 0.816. The Morgan fingerprint density at radius 3 is 2.43 bits per heavy atom. The highest BCUT2D eigenvalue weighted by Gasteiger charge is 2.27. The Labute approximate surface area is 135 Å². The van der Waals surface area contributed by atoms with E-state index in [1.54, 1.807) is 0 Å². The second kappa shape index (κ2) is 6.12. The molecule has 23 heavy (non-hydrogen) atoms. The molecule has 0 saturated carbocycles. The van der Waals surface area contributed by atoms with Crippen LogP contribution in [0.25, 0.3) is 0 Å². The lowest BCUT2D eigenvalue weighted by Gasteiger charge is -2.26. The molecule has 0 unspecified atom stereocenters. The van der Waals surface area contributed by atoms with Crippen molar-refractivity contribution in [3.05, 3.63) is 53.6 Å². The third-order valence-corrected chi connectivity index (χ3v) is 3.73. The highest BCUT2D eigenvalue weighted by atomic mass is 16.2. The van der Waals surface area contributed by atoms with Gasteiger partial charge in [-0.15, -0.1) is 0 Å². The topological polar surface area (TPSA) is 70.2 Å². The summed E-state index contributed by atoms with van der Waals surface area (Å²) in [5.41, 5.74) is 4.49. The van der Waals surface area contributed by atoms with Gasteiger partial charge >= 0.3 is 0 Å². The molecule has 3 rings (SSSR count). The lowest BCUT2D eigenvalue weighted by molar-refractivity contribution is -0.122. The summed E-state index contributed by atoms with van der Waals surface area (Å²) in [5.74, 6) is -0.388. The second-order valence-corrected chi connectivity index (χ2v) is 5.86. The van der Waals surface area contributed by atoms with Gasteiger partial charge in [0.15, 0.2) is 0 Å². The number of carbonyl (C=O) groups excluding carboxylic acids is 2. The maximum atomic E-state index is 12.2. The number of aryl methyl sites for hydroxylation is 2. The van der Waals surface area contributed by atoms with Crippen molar-refractivity contribution >= 4 is 28.9 Å². The number of benzene rings is 2. The summed E-state index contributed by atoms with van der Waals surface area (Å²) >= 11 is 0. The van der Waals surface area contributed by atoms with Crippen molar-refractivity contribution < 1.29 is 9.59 Å². The molecule has 0 spiro atoms. The molecule has 0 bridgehead atoms. The standard InChI is InChI=1S/C18H19N3O2/c1-11-7-12(2)9-13(8-11)19-17(22)10-16-18(23)21-15-6-4-3-5-14(15)20-16/h3-9,16,20H,10H2,1-2H3,(H,19,22)(H,21,23)/t16-/m0/s1. The van der Waals surface area contributed by atoms with Crippen molar-refractivity contribution in [3.63, 3.8) is 0 Å².